The summed E-state index contributed by atoms with van der Waals surface area (Å²) in [7, 11) is 0. The highest BCUT2D eigenvalue weighted by Crippen LogP contribution is 2.28. The van der Waals surface area contributed by atoms with Gasteiger partial charge in [0.1, 0.15) is 17.5 Å². The highest BCUT2D eigenvalue weighted by Gasteiger charge is 2.10. The topological polar surface area (TPSA) is 62.7 Å². The first-order valence-electron chi connectivity index (χ1n) is 5.35. The van der Waals surface area contributed by atoms with E-state index >= 15 is 0 Å². The van der Waals surface area contributed by atoms with Gasteiger partial charge in [-0.2, -0.15) is 5.26 Å². The molecule has 3 nitrogen and oxygen atoms in total. The van der Waals surface area contributed by atoms with Gasteiger partial charge in [0.05, 0.1) is 0 Å². The average molecular weight is 223 g/mol. The average Bonchev–Trinajstić information content (AvgIpc) is 2.29. The van der Waals surface area contributed by atoms with Crippen LogP contribution in [0.1, 0.15) is 16.7 Å². The van der Waals surface area contributed by atoms with Gasteiger partial charge in [-0.25, -0.2) is 4.98 Å². The Morgan fingerprint density at radius 2 is 1.94 bits per heavy atom. The van der Waals surface area contributed by atoms with Gasteiger partial charge in [0.2, 0.25) is 0 Å². The molecule has 0 aliphatic rings. The Hall–Kier alpha value is -2.34. The van der Waals surface area contributed by atoms with E-state index in [1.165, 1.54) is 5.56 Å². The lowest BCUT2D eigenvalue weighted by molar-refractivity contribution is 1.30. The molecule has 0 unspecified atom stereocenters. The van der Waals surface area contributed by atoms with Crippen LogP contribution < -0.4 is 5.73 Å². The molecule has 0 saturated heterocycles. The first-order chi connectivity index (χ1) is 8.13. The molecule has 0 atom stereocenters. The Kier molecular flexibility index (Phi) is 2.80. The van der Waals surface area contributed by atoms with Crippen LogP contribution >= 0.6 is 0 Å². The van der Waals surface area contributed by atoms with Gasteiger partial charge in [0.25, 0.3) is 0 Å². The summed E-state index contributed by atoms with van der Waals surface area (Å²) in [5.41, 5.74) is 10.4. The lowest BCUT2D eigenvalue weighted by Crippen LogP contribution is -1.97. The molecule has 1 aromatic carbocycles. The molecule has 0 bridgehead atoms. The van der Waals surface area contributed by atoms with Gasteiger partial charge in [-0.1, -0.05) is 23.8 Å². The van der Waals surface area contributed by atoms with Gasteiger partial charge < -0.3 is 5.73 Å². The Labute approximate surface area is 101 Å². The molecule has 0 fully saturated rings. The molecule has 0 saturated carbocycles. The highest BCUT2D eigenvalue weighted by molar-refractivity contribution is 5.77. The van der Waals surface area contributed by atoms with Gasteiger partial charge in [-0.15, -0.1) is 0 Å². The van der Waals surface area contributed by atoms with Gasteiger partial charge in [0, 0.05) is 11.8 Å². The van der Waals surface area contributed by atoms with E-state index < -0.39 is 0 Å². The first kappa shape index (κ1) is 11.2. The Morgan fingerprint density at radius 3 is 2.59 bits per heavy atom. The second-order valence-corrected chi connectivity index (χ2v) is 4.05. The second-order valence-electron chi connectivity index (χ2n) is 4.05. The van der Waals surface area contributed by atoms with Crippen molar-refractivity contribution in [3.05, 3.63) is 47.2 Å². The van der Waals surface area contributed by atoms with Crippen molar-refractivity contribution >= 4 is 5.82 Å². The van der Waals surface area contributed by atoms with Crippen LogP contribution in [-0.4, -0.2) is 4.98 Å². The Balaban J connectivity index is 2.69. The summed E-state index contributed by atoms with van der Waals surface area (Å²) in [6, 6.07) is 10.1. The smallest absolute Gasteiger partial charge is 0.141 e. The monoisotopic (exact) mass is 223 g/mol. The summed E-state index contributed by atoms with van der Waals surface area (Å²) in [5, 5.41) is 9.14. The van der Waals surface area contributed by atoms with Crippen LogP contribution in [0.5, 0.6) is 0 Å². The zero-order valence-corrected chi connectivity index (χ0v) is 9.86. The number of rotatable bonds is 1. The third kappa shape index (κ3) is 1.98. The maximum Gasteiger partial charge on any atom is 0.141 e. The zero-order chi connectivity index (χ0) is 12.4. The van der Waals surface area contributed by atoms with E-state index in [0.717, 1.165) is 16.7 Å². The number of hydrogen-bond donors (Lipinski definition) is 1. The number of nitrogens with zero attached hydrogens (tertiary/aromatic N) is 2. The maximum atomic E-state index is 9.14. The standard InChI is InChI=1S/C14H13N3/c1-9-3-4-11(10(2)7-9)12-5-6-17-14(16)13(12)8-15/h3-7H,1-2H3,(H2,16,17). The van der Waals surface area contributed by atoms with Crippen molar-refractivity contribution in [1.29, 1.82) is 5.26 Å². The molecule has 2 N–H and O–H groups in total. The van der Waals surface area contributed by atoms with Crippen molar-refractivity contribution in [3.63, 3.8) is 0 Å². The van der Waals surface area contributed by atoms with Gasteiger partial charge >= 0.3 is 0 Å². The number of nitriles is 1. The molecular formula is C14H13N3. The molecule has 0 radical (unpaired) electrons. The summed E-state index contributed by atoms with van der Waals surface area (Å²) in [5.74, 6) is 0.282. The number of aryl methyl sites for hydroxylation is 2. The predicted octanol–water partition coefficient (Wildman–Crippen LogP) is 2.82. The normalized spacial score (nSPS) is 9.94. The van der Waals surface area contributed by atoms with Crippen LogP contribution in [0.2, 0.25) is 0 Å². The Bertz CT molecular complexity index is 609. The van der Waals surface area contributed by atoms with Crippen LogP contribution in [0, 0.1) is 25.2 Å². The summed E-state index contributed by atoms with van der Waals surface area (Å²) < 4.78 is 0. The third-order valence-corrected chi connectivity index (χ3v) is 2.76. The summed E-state index contributed by atoms with van der Waals surface area (Å²) in [6.07, 6.45) is 1.63. The van der Waals surface area contributed by atoms with E-state index in [9.17, 15) is 0 Å². The van der Waals surface area contributed by atoms with E-state index in [-0.39, 0.29) is 5.82 Å². The highest BCUT2D eigenvalue weighted by atomic mass is 14.8. The quantitative estimate of drug-likeness (QED) is 0.808. The molecule has 0 aliphatic heterocycles. The predicted molar refractivity (Wildman–Crippen MR) is 68.3 cm³/mol. The van der Waals surface area contributed by atoms with Crippen LogP contribution in [0.3, 0.4) is 0 Å². The molecule has 0 amide bonds. The van der Waals surface area contributed by atoms with Crippen molar-refractivity contribution in [1.82, 2.24) is 4.98 Å². The van der Waals surface area contributed by atoms with Crippen molar-refractivity contribution in [2.75, 3.05) is 5.73 Å². The molecule has 84 valence electrons. The SMILES string of the molecule is Cc1ccc(-c2ccnc(N)c2C#N)c(C)c1. The van der Waals surface area contributed by atoms with Crippen molar-refractivity contribution in [3.8, 4) is 17.2 Å². The molecule has 1 aromatic heterocycles. The fourth-order valence-corrected chi connectivity index (χ4v) is 1.94. The van der Waals surface area contributed by atoms with E-state index in [1.54, 1.807) is 6.20 Å². The lowest BCUT2D eigenvalue weighted by Gasteiger charge is -2.09. The fourth-order valence-electron chi connectivity index (χ4n) is 1.94. The number of benzene rings is 1. The molecule has 1 heterocycles. The third-order valence-electron chi connectivity index (χ3n) is 2.76. The van der Waals surface area contributed by atoms with Crippen molar-refractivity contribution < 1.29 is 0 Å². The molecule has 0 aliphatic carbocycles. The van der Waals surface area contributed by atoms with Crippen LogP contribution in [0.4, 0.5) is 5.82 Å². The summed E-state index contributed by atoms with van der Waals surface area (Å²) in [6.45, 7) is 4.07. The number of nitrogens with two attached hydrogens (primary N) is 1. The molecule has 17 heavy (non-hydrogen) atoms. The largest absolute Gasteiger partial charge is 0.383 e. The van der Waals surface area contributed by atoms with E-state index in [0.29, 0.717) is 5.56 Å². The molecule has 0 spiro atoms. The molecule has 2 aromatic rings. The molecular weight excluding hydrogens is 210 g/mol. The maximum absolute atomic E-state index is 9.14. The minimum absolute atomic E-state index is 0.282. The molecule has 2 rings (SSSR count). The van der Waals surface area contributed by atoms with Gasteiger partial charge in [0.15, 0.2) is 0 Å². The summed E-state index contributed by atoms with van der Waals surface area (Å²) >= 11 is 0. The van der Waals surface area contributed by atoms with Gasteiger partial charge in [-0.3, -0.25) is 0 Å². The number of pyridine rings is 1. The first-order valence-corrected chi connectivity index (χ1v) is 5.35. The van der Waals surface area contributed by atoms with Gasteiger partial charge in [-0.05, 0) is 31.0 Å². The minimum atomic E-state index is 0.282. The molecule has 3 heteroatoms. The number of aromatic nitrogens is 1. The van der Waals surface area contributed by atoms with E-state index in [2.05, 4.69) is 17.1 Å². The number of anilines is 1. The van der Waals surface area contributed by atoms with E-state index in [1.807, 2.05) is 32.0 Å². The summed E-state index contributed by atoms with van der Waals surface area (Å²) in [4.78, 5) is 3.94. The van der Waals surface area contributed by atoms with Crippen molar-refractivity contribution in [2.45, 2.75) is 13.8 Å². The number of hydrogen-bond acceptors (Lipinski definition) is 3. The second kappa shape index (κ2) is 4.26. The van der Waals surface area contributed by atoms with Crippen LogP contribution in [0.15, 0.2) is 30.5 Å². The van der Waals surface area contributed by atoms with Crippen LogP contribution in [-0.2, 0) is 0 Å². The van der Waals surface area contributed by atoms with Crippen LogP contribution in [0.25, 0.3) is 11.1 Å². The van der Waals surface area contributed by atoms with Crippen molar-refractivity contribution in [2.24, 2.45) is 0 Å². The zero-order valence-electron chi connectivity index (χ0n) is 9.86. The lowest BCUT2D eigenvalue weighted by atomic mass is 9.96. The fraction of sp³-hybridized carbons (Fsp3) is 0.143. The van der Waals surface area contributed by atoms with E-state index in [4.69, 9.17) is 11.0 Å². The Morgan fingerprint density at radius 1 is 1.18 bits per heavy atom. The minimum Gasteiger partial charge on any atom is -0.383 e. The number of nitrogen functional groups attached to an aromatic ring is 1.